The van der Waals surface area contributed by atoms with Crippen LogP contribution in [-0.2, 0) is 0 Å². The molecule has 0 amide bonds. The van der Waals surface area contributed by atoms with Crippen LogP contribution < -0.4 is 10.1 Å². The van der Waals surface area contributed by atoms with Crippen LogP contribution in [-0.4, -0.2) is 17.1 Å². The van der Waals surface area contributed by atoms with Crippen molar-refractivity contribution in [3.63, 3.8) is 0 Å². The highest BCUT2D eigenvalue weighted by Gasteiger charge is 2.26. The third-order valence-corrected chi connectivity index (χ3v) is 3.70. The van der Waals surface area contributed by atoms with Crippen molar-refractivity contribution in [2.75, 3.05) is 12.4 Å². The smallest absolute Gasteiger partial charge is 0.135 e. The molecule has 1 aromatic carbocycles. The van der Waals surface area contributed by atoms with E-state index in [0.717, 1.165) is 27.6 Å². The lowest BCUT2D eigenvalue weighted by Crippen LogP contribution is -1.98. The Kier molecular flexibility index (Phi) is 3.38. The van der Waals surface area contributed by atoms with Crippen molar-refractivity contribution in [3.8, 4) is 5.75 Å². The Balaban J connectivity index is 1.82. The molecule has 1 aliphatic rings. The maximum Gasteiger partial charge on any atom is 0.135 e. The Bertz CT molecular complexity index is 599. The molecule has 1 heterocycles. The summed E-state index contributed by atoms with van der Waals surface area (Å²) in [4.78, 5) is 8.84. The van der Waals surface area contributed by atoms with Crippen LogP contribution in [0.15, 0.2) is 34.9 Å². The molecular weight excluding hydrogens is 306 g/mol. The van der Waals surface area contributed by atoms with Crippen LogP contribution in [0.3, 0.4) is 0 Å². The van der Waals surface area contributed by atoms with Crippen molar-refractivity contribution in [1.29, 1.82) is 0 Å². The van der Waals surface area contributed by atoms with Gasteiger partial charge in [-0.05, 0) is 47.0 Å². The second kappa shape index (κ2) is 5.17. The SMILES string of the molecule is COc1cc(Nc2ccnc(C3CC3)n2)ccc1Br. The average Bonchev–Trinajstić information content (AvgIpc) is 3.26. The van der Waals surface area contributed by atoms with Gasteiger partial charge in [0.25, 0.3) is 0 Å². The molecule has 98 valence electrons. The molecule has 0 radical (unpaired) electrons. The monoisotopic (exact) mass is 319 g/mol. The standard InChI is InChI=1S/C14H14BrN3O/c1-19-12-8-10(4-5-11(12)15)17-13-6-7-16-14(18-13)9-2-3-9/h4-9H,2-3H2,1H3,(H,16,17,18). The van der Waals surface area contributed by atoms with Crippen LogP contribution in [0, 0.1) is 0 Å². The minimum atomic E-state index is 0.557. The molecule has 5 heteroatoms. The molecule has 2 aromatic rings. The normalized spacial score (nSPS) is 14.2. The fourth-order valence-corrected chi connectivity index (χ4v) is 2.28. The molecule has 0 bridgehead atoms. The van der Waals surface area contributed by atoms with E-state index < -0.39 is 0 Å². The summed E-state index contributed by atoms with van der Waals surface area (Å²) in [5, 5.41) is 3.28. The van der Waals surface area contributed by atoms with E-state index in [2.05, 4.69) is 31.2 Å². The van der Waals surface area contributed by atoms with Crippen LogP contribution >= 0.6 is 15.9 Å². The number of hydrogen-bond acceptors (Lipinski definition) is 4. The quantitative estimate of drug-likeness (QED) is 0.929. The number of benzene rings is 1. The predicted octanol–water partition coefficient (Wildman–Crippen LogP) is 3.87. The molecule has 1 aliphatic carbocycles. The largest absolute Gasteiger partial charge is 0.495 e. The van der Waals surface area contributed by atoms with Crippen molar-refractivity contribution in [1.82, 2.24) is 9.97 Å². The number of anilines is 2. The Morgan fingerprint density at radius 3 is 2.89 bits per heavy atom. The Morgan fingerprint density at radius 2 is 2.16 bits per heavy atom. The first-order valence-electron chi connectivity index (χ1n) is 6.20. The van der Waals surface area contributed by atoms with E-state index in [1.54, 1.807) is 13.3 Å². The van der Waals surface area contributed by atoms with Gasteiger partial charge in [0.1, 0.15) is 17.4 Å². The van der Waals surface area contributed by atoms with Gasteiger partial charge in [-0.3, -0.25) is 0 Å². The fraction of sp³-hybridized carbons (Fsp3) is 0.286. The number of methoxy groups -OCH3 is 1. The lowest BCUT2D eigenvalue weighted by atomic mass is 10.3. The number of halogens is 1. The molecule has 19 heavy (non-hydrogen) atoms. The number of nitrogens with one attached hydrogen (secondary N) is 1. The lowest BCUT2D eigenvalue weighted by Gasteiger charge is -2.09. The molecule has 1 fully saturated rings. The molecule has 3 rings (SSSR count). The summed E-state index contributed by atoms with van der Waals surface area (Å²) in [5.74, 6) is 3.11. The first-order chi connectivity index (χ1) is 9.26. The van der Waals surface area contributed by atoms with Gasteiger partial charge in [-0.2, -0.15) is 0 Å². The van der Waals surface area contributed by atoms with Gasteiger partial charge in [0.2, 0.25) is 0 Å². The summed E-state index contributed by atoms with van der Waals surface area (Å²) in [7, 11) is 1.65. The fourth-order valence-electron chi connectivity index (χ4n) is 1.87. The molecular formula is C14H14BrN3O. The van der Waals surface area contributed by atoms with Crippen LogP contribution in [0.5, 0.6) is 5.75 Å². The van der Waals surface area contributed by atoms with Crippen molar-refractivity contribution in [3.05, 3.63) is 40.8 Å². The zero-order valence-corrected chi connectivity index (χ0v) is 12.1. The van der Waals surface area contributed by atoms with Crippen LogP contribution in [0.4, 0.5) is 11.5 Å². The first-order valence-corrected chi connectivity index (χ1v) is 6.99. The van der Waals surface area contributed by atoms with Crippen LogP contribution in [0.25, 0.3) is 0 Å². The van der Waals surface area contributed by atoms with Gasteiger partial charge in [0.05, 0.1) is 11.6 Å². The highest BCUT2D eigenvalue weighted by molar-refractivity contribution is 9.10. The minimum Gasteiger partial charge on any atom is -0.495 e. The molecule has 0 aliphatic heterocycles. The summed E-state index contributed by atoms with van der Waals surface area (Å²) >= 11 is 3.44. The first kappa shape index (κ1) is 12.4. The van der Waals surface area contributed by atoms with Crippen molar-refractivity contribution >= 4 is 27.4 Å². The third kappa shape index (κ3) is 2.87. The minimum absolute atomic E-state index is 0.557. The van der Waals surface area contributed by atoms with Gasteiger partial charge in [0, 0.05) is 23.9 Å². The second-order valence-corrected chi connectivity index (χ2v) is 5.40. The number of rotatable bonds is 4. The van der Waals surface area contributed by atoms with E-state index in [9.17, 15) is 0 Å². The zero-order chi connectivity index (χ0) is 13.2. The number of aromatic nitrogens is 2. The molecule has 1 saturated carbocycles. The zero-order valence-electron chi connectivity index (χ0n) is 10.6. The second-order valence-electron chi connectivity index (χ2n) is 4.55. The van der Waals surface area contributed by atoms with E-state index in [1.165, 1.54) is 12.8 Å². The summed E-state index contributed by atoms with van der Waals surface area (Å²) in [6.07, 6.45) is 4.21. The van der Waals surface area contributed by atoms with E-state index >= 15 is 0 Å². The van der Waals surface area contributed by atoms with Gasteiger partial charge in [-0.1, -0.05) is 0 Å². The maximum atomic E-state index is 5.28. The molecule has 1 N–H and O–H groups in total. The number of nitrogens with zero attached hydrogens (tertiary/aromatic N) is 2. The molecule has 0 unspecified atom stereocenters. The van der Waals surface area contributed by atoms with E-state index in [-0.39, 0.29) is 0 Å². The lowest BCUT2D eigenvalue weighted by molar-refractivity contribution is 0.412. The van der Waals surface area contributed by atoms with Crippen molar-refractivity contribution in [2.24, 2.45) is 0 Å². The van der Waals surface area contributed by atoms with E-state index in [4.69, 9.17) is 4.74 Å². The Hall–Kier alpha value is -1.62. The van der Waals surface area contributed by atoms with Gasteiger partial charge in [0.15, 0.2) is 0 Å². The summed E-state index contributed by atoms with van der Waals surface area (Å²) in [6, 6.07) is 7.74. The summed E-state index contributed by atoms with van der Waals surface area (Å²) < 4.78 is 6.21. The molecule has 0 spiro atoms. The number of hydrogen-bond donors (Lipinski definition) is 1. The van der Waals surface area contributed by atoms with Crippen molar-refractivity contribution < 1.29 is 4.74 Å². The third-order valence-electron chi connectivity index (χ3n) is 3.04. The molecule has 4 nitrogen and oxygen atoms in total. The number of ether oxygens (including phenoxy) is 1. The molecule has 0 saturated heterocycles. The highest BCUT2D eigenvalue weighted by Crippen LogP contribution is 2.38. The summed E-state index contributed by atoms with van der Waals surface area (Å²) in [6.45, 7) is 0. The van der Waals surface area contributed by atoms with Gasteiger partial charge < -0.3 is 10.1 Å². The van der Waals surface area contributed by atoms with Crippen LogP contribution in [0.2, 0.25) is 0 Å². The predicted molar refractivity (Wildman–Crippen MR) is 78.0 cm³/mol. The Morgan fingerprint density at radius 1 is 1.32 bits per heavy atom. The highest BCUT2D eigenvalue weighted by atomic mass is 79.9. The van der Waals surface area contributed by atoms with Gasteiger partial charge >= 0.3 is 0 Å². The van der Waals surface area contributed by atoms with E-state index in [0.29, 0.717) is 5.92 Å². The van der Waals surface area contributed by atoms with Gasteiger partial charge in [-0.25, -0.2) is 9.97 Å². The molecule has 1 aromatic heterocycles. The topological polar surface area (TPSA) is 47.0 Å². The molecule has 0 atom stereocenters. The summed E-state index contributed by atoms with van der Waals surface area (Å²) in [5.41, 5.74) is 0.945. The van der Waals surface area contributed by atoms with E-state index in [1.807, 2.05) is 24.3 Å². The maximum absolute atomic E-state index is 5.28. The average molecular weight is 320 g/mol. The van der Waals surface area contributed by atoms with Crippen LogP contribution in [0.1, 0.15) is 24.6 Å². The van der Waals surface area contributed by atoms with Gasteiger partial charge in [-0.15, -0.1) is 0 Å². The Labute approximate surface area is 120 Å². The van der Waals surface area contributed by atoms with Crippen molar-refractivity contribution in [2.45, 2.75) is 18.8 Å².